The minimum Gasteiger partial charge on any atom is -0.330 e. The lowest BCUT2D eigenvalue weighted by Crippen LogP contribution is -2.14. The Balaban J connectivity index is 2.17. The van der Waals surface area contributed by atoms with E-state index in [4.69, 9.17) is 5.73 Å². The van der Waals surface area contributed by atoms with E-state index in [-0.39, 0.29) is 0 Å². The van der Waals surface area contributed by atoms with Gasteiger partial charge in [0.05, 0.1) is 0 Å². The predicted molar refractivity (Wildman–Crippen MR) is 81.1 cm³/mol. The predicted octanol–water partition coefficient (Wildman–Crippen LogP) is 2.20. The molecule has 0 bridgehead atoms. The van der Waals surface area contributed by atoms with Gasteiger partial charge in [0.2, 0.25) is 0 Å². The van der Waals surface area contributed by atoms with Crippen LogP contribution in [0.25, 0.3) is 0 Å². The van der Waals surface area contributed by atoms with Crippen molar-refractivity contribution in [3.05, 3.63) is 30.1 Å². The number of nitrogens with zero attached hydrogens (tertiary/aromatic N) is 2. The Bertz CT molecular complexity index is 303. The standard InChI is InChI=1S/C14H25N3S/c1-17(2)8-4-9-18-10-6-13(11-15)14-5-3-7-16-12-14/h3,5,7,12-13H,4,6,8-11,15H2,1-2H3. The van der Waals surface area contributed by atoms with Crippen molar-refractivity contribution in [2.75, 3.05) is 38.7 Å². The third-order valence-corrected chi connectivity index (χ3v) is 4.05. The van der Waals surface area contributed by atoms with Crippen LogP contribution in [0.5, 0.6) is 0 Å². The first-order valence-electron chi connectivity index (χ1n) is 6.56. The molecule has 18 heavy (non-hydrogen) atoms. The van der Waals surface area contributed by atoms with Crippen LogP contribution < -0.4 is 5.73 Å². The number of hydrogen-bond acceptors (Lipinski definition) is 4. The van der Waals surface area contributed by atoms with Gasteiger partial charge in [0.15, 0.2) is 0 Å². The van der Waals surface area contributed by atoms with E-state index in [0.717, 1.165) is 6.42 Å². The Hall–Kier alpha value is -0.580. The number of pyridine rings is 1. The van der Waals surface area contributed by atoms with E-state index in [2.05, 4.69) is 30.0 Å². The van der Waals surface area contributed by atoms with Crippen molar-refractivity contribution in [2.45, 2.75) is 18.8 Å². The maximum atomic E-state index is 5.84. The monoisotopic (exact) mass is 267 g/mol. The van der Waals surface area contributed by atoms with Gasteiger partial charge in [-0.1, -0.05) is 6.07 Å². The van der Waals surface area contributed by atoms with Gasteiger partial charge in [-0.15, -0.1) is 0 Å². The average Bonchev–Trinajstić information content (AvgIpc) is 2.38. The lowest BCUT2D eigenvalue weighted by atomic mass is 9.99. The Labute approximate surface area is 115 Å². The molecule has 1 rings (SSSR count). The van der Waals surface area contributed by atoms with Crippen molar-refractivity contribution in [1.29, 1.82) is 0 Å². The van der Waals surface area contributed by atoms with Crippen LogP contribution in [0.4, 0.5) is 0 Å². The van der Waals surface area contributed by atoms with Gasteiger partial charge < -0.3 is 10.6 Å². The fourth-order valence-electron chi connectivity index (χ4n) is 1.85. The van der Waals surface area contributed by atoms with Crippen LogP contribution in [-0.2, 0) is 0 Å². The van der Waals surface area contributed by atoms with Gasteiger partial charge in [-0.25, -0.2) is 0 Å². The summed E-state index contributed by atoms with van der Waals surface area (Å²) in [7, 11) is 4.25. The molecule has 1 atom stereocenters. The number of thioether (sulfide) groups is 1. The first-order valence-corrected chi connectivity index (χ1v) is 7.72. The maximum Gasteiger partial charge on any atom is 0.0303 e. The minimum atomic E-state index is 0.458. The number of rotatable bonds is 9. The molecule has 1 unspecified atom stereocenters. The summed E-state index contributed by atoms with van der Waals surface area (Å²) in [5, 5.41) is 0. The average molecular weight is 267 g/mol. The fraction of sp³-hybridized carbons (Fsp3) is 0.643. The Kier molecular flexibility index (Phi) is 8.05. The fourth-order valence-corrected chi connectivity index (χ4v) is 2.84. The molecule has 1 heterocycles. The molecule has 0 saturated carbocycles. The molecule has 3 nitrogen and oxygen atoms in total. The van der Waals surface area contributed by atoms with Crippen molar-refractivity contribution in [2.24, 2.45) is 5.73 Å². The number of hydrogen-bond donors (Lipinski definition) is 1. The van der Waals surface area contributed by atoms with E-state index >= 15 is 0 Å². The van der Waals surface area contributed by atoms with Gasteiger partial charge >= 0.3 is 0 Å². The molecule has 0 aliphatic heterocycles. The molecule has 0 aliphatic carbocycles. The van der Waals surface area contributed by atoms with E-state index in [1.165, 1.54) is 30.0 Å². The third kappa shape index (κ3) is 6.38. The second kappa shape index (κ2) is 9.36. The molecule has 0 saturated heterocycles. The summed E-state index contributed by atoms with van der Waals surface area (Å²) in [4.78, 5) is 6.40. The van der Waals surface area contributed by atoms with Crippen LogP contribution >= 0.6 is 11.8 Å². The zero-order valence-electron chi connectivity index (χ0n) is 11.5. The van der Waals surface area contributed by atoms with Crippen LogP contribution in [0.2, 0.25) is 0 Å². The highest BCUT2D eigenvalue weighted by Gasteiger charge is 2.09. The molecule has 102 valence electrons. The van der Waals surface area contributed by atoms with Crippen LogP contribution in [-0.4, -0.2) is 48.6 Å². The SMILES string of the molecule is CN(C)CCCSCCC(CN)c1cccnc1. The summed E-state index contributed by atoms with van der Waals surface area (Å²) in [6.45, 7) is 1.89. The van der Waals surface area contributed by atoms with Gasteiger partial charge in [0.1, 0.15) is 0 Å². The first-order chi connectivity index (χ1) is 8.74. The summed E-state index contributed by atoms with van der Waals surface area (Å²) in [6, 6.07) is 4.11. The number of nitrogens with two attached hydrogens (primary N) is 1. The van der Waals surface area contributed by atoms with E-state index in [9.17, 15) is 0 Å². The van der Waals surface area contributed by atoms with Crippen molar-refractivity contribution < 1.29 is 0 Å². The Morgan fingerprint density at radius 1 is 1.39 bits per heavy atom. The Morgan fingerprint density at radius 2 is 2.22 bits per heavy atom. The molecule has 4 heteroatoms. The second-order valence-electron chi connectivity index (χ2n) is 4.78. The third-order valence-electron chi connectivity index (χ3n) is 2.94. The summed E-state index contributed by atoms with van der Waals surface area (Å²) in [6.07, 6.45) is 6.16. The molecule has 0 aromatic carbocycles. The summed E-state index contributed by atoms with van der Waals surface area (Å²) >= 11 is 2.03. The molecule has 2 N–H and O–H groups in total. The van der Waals surface area contributed by atoms with E-state index in [1.54, 1.807) is 0 Å². The summed E-state index contributed by atoms with van der Waals surface area (Å²) in [5.74, 6) is 2.88. The van der Waals surface area contributed by atoms with Crippen LogP contribution in [0, 0.1) is 0 Å². The zero-order chi connectivity index (χ0) is 13.2. The van der Waals surface area contributed by atoms with Crippen LogP contribution in [0.15, 0.2) is 24.5 Å². The second-order valence-corrected chi connectivity index (χ2v) is 6.00. The van der Waals surface area contributed by atoms with Gasteiger partial charge in [0.25, 0.3) is 0 Å². The molecule has 0 spiro atoms. The lowest BCUT2D eigenvalue weighted by Gasteiger charge is -2.14. The molecule has 0 radical (unpaired) electrons. The quantitative estimate of drug-likeness (QED) is 0.697. The van der Waals surface area contributed by atoms with Crippen molar-refractivity contribution in [3.63, 3.8) is 0 Å². The molecule has 0 fully saturated rings. The Morgan fingerprint density at radius 3 is 2.83 bits per heavy atom. The minimum absolute atomic E-state index is 0.458. The van der Waals surface area contributed by atoms with Crippen molar-refractivity contribution in [3.8, 4) is 0 Å². The molecule has 1 aromatic heterocycles. The van der Waals surface area contributed by atoms with Crippen molar-refractivity contribution >= 4 is 11.8 Å². The molecule has 1 aromatic rings. The molecule has 0 aliphatic rings. The van der Waals surface area contributed by atoms with E-state index in [1.807, 2.05) is 30.2 Å². The topological polar surface area (TPSA) is 42.1 Å². The summed E-state index contributed by atoms with van der Waals surface area (Å²) < 4.78 is 0. The normalized spacial score (nSPS) is 12.9. The highest BCUT2D eigenvalue weighted by Crippen LogP contribution is 2.20. The largest absolute Gasteiger partial charge is 0.330 e. The highest BCUT2D eigenvalue weighted by molar-refractivity contribution is 7.99. The van der Waals surface area contributed by atoms with Gasteiger partial charge in [0, 0.05) is 12.4 Å². The van der Waals surface area contributed by atoms with Crippen LogP contribution in [0.1, 0.15) is 24.3 Å². The maximum absolute atomic E-state index is 5.84. The summed E-state index contributed by atoms with van der Waals surface area (Å²) in [5.41, 5.74) is 7.11. The van der Waals surface area contributed by atoms with E-state index < -0.39 is 0 Å². The number of aromatic nitrogens is 1. The lowest BCUT2D eigenvalue weighted by molar-refractivity contribution is 0.410. The smallest absolute Gasteiger partial charge is 0.0303 e. The molecular formula is C14H25N3S. The molecular weight excluding hydrogens is 242 g/mol. The zero-order valence-corrected chi connectivity index (χ0v) is 12.3. The van der Waals surface area contributed by atoms with Gasteiger partial charge in [-0.05, 0) is 69.1 Å². The molecule has 0 amide bonds. The van der Waals surface area contributed by atoms with Gasteiger partial charge in [-0.2, -0.15) is 11.8 Å². The first kappa shape index (κ1) is 15.5. The van der Waals surface area contributed by atoms with Crippen molar-refractivity contribution in [1.82, 2.24) is 9.88 Å². The van der Waals surface area contributed by atoms with Crippen LogP contribution in [0.3, 0.4) is 0 Å². The van der Waals surface area contributed by atoms with Gasteiger partial charge in [-0.3, -0.25) is 4.98 Å². The van der Waals surface area contributed by atoms with E-state index in [0.29, 0.717) is 12.5 Å². The highest BCUT2D eigenvalue weighted by atomic mass is 32.2.